The third-order valence-electron chi connectivity index (χ3n) is 3.57. The summed E-state index contributed by atoms with van der Waals surface area (Å²) in [5.74, 6) is 0.0824. The summed E-state index contributed by atoms with van der Waals surface area (Å²) in [6.45, 7) is 0.840. The van der Waals surface area contributed by atoms with Crippen molar-refractivity contribution >= 4 is 11.4 Å². The molecular weight excluding hydrogens is 235 g/mol. The number of rotatable bonds is 6. The van der Waals surface area contributed by atoms with Gasteiger partial charge in [-0.2, -0.15) is 0 Å². The SMILES string of the molecule is COc1cc(NCC2(CCO)CC2)c(F)cc1N. The zero-order chi connectivity index (χ0) is 13.2. The van der Waals surface area contributed by atoms with Crippen LogP contribution in [0.25, 0.3) is 0 Å². The molecule has 1 fully saturated rings. The highest BCUT2D eigenvalue weighted by molar-refractivity contribution is 5.62. The lowest BCUT2D eigenvalue weighted by Gasteiger charge is -2.17. The van der Waals surface area contributed by atoms with Gasteiger partial charge < -0.3 is 20.9 Å². The van der Waals surface area contributed by atoms with Crippen LogP contribution >= 0.6 is 0 Å². The zero-order valence-electron chi connectivity index (χ0n) is 10.5. The van der Waals surface area contributed by atoms with Crippen molar-refractivity contribution in [2.75, 3.05) is 31.3 Å². The molecule has 0 saturated heterocycles. The summed E-state index contributed by atoms with van der Waals surface area (Å²) in [5, 5.41) is 12.1. The number of nitrogen functional groups attached to an aromatic ring is 1. The highest BCUT2D eigenvalue weighted by Gasteiger charge is 2.41. The number of hydrogen-bond acceptors (Lipinski definition) is 4. The van der Waals surface area contributed by atoms with E-state index in [4.69, 9.17) is 15.6 Å². The highest BCUT2D eigenvalue weighted by Crippen LogP contribution is 2.48. The largest absolute Gasteiger partial charge is 0.495 e. The molecule has 4 N–H and O–H groups in total. The van der Waals surface area contributed by atoms with Crippen LogP contribution in [0.3, 0.4) is 0 Å². The summed E-state index contributed by atoms with van der Waals surface area (Å²) in [6.07, 6.45) is 2.91. The fourth-order valence-corrected chi connectivity index (χ4v) is 2.09. The predicted octanol–water partition coefficient (Wildman–Crippen LogP) is 1.99. The highest BCUT2D eigenvalue weighted by atomic mass is 19.1. The van der Waals surface area contributed by atoms with Gasteiger partial charge in [-0.3, -0.25) is 0 Å². The number of ether oxygens (including phenoxy) is 1. The van der Waals surface area contributed by atoms with Crippen molar-refractivity contribution < 1.29 is 14.2 Å². The lowest BCUT2D eigenvalue weighted by Crippen LogP contribution is -2.17. The van der Waals surface area contributed by atoms with Crippen molar-refractivity contribution in [1.29, 1.82) is 0 Å². The Kier molecular flexibility index (Phi) is 3.61. The normalized spacial score (nSPS) is 16.4. The minimum absolute atomic E-state index is 0.135. The van der Waals surface area contributed by atoms with Gasteiger partial charge >= 0.3 is 0 Å². The molecule has 100 valence electrons. The molecule has 0 heterocycles. The molecule has 0 unspecified atom stereocenters. The second-order valence-corrected chi connectivity index (χ2v) is 4.90. The lowest BCUT2D eigenvalue weighted by molar-refractivity contribution is 0.253. The first-order chi connectivity index (χ1) is 8.60. The molecule has 0 bridgehead atoms. The Hall–Kier alpha value is -1.49. The number of halogens is 1. The van der Waals surface area contributed by atoms with Crippen molar-refractivity contribution in [3.63, 3.8) is 0 Å². The van der Waals surface area contributed by atoms with Crippen molar-refractivity contribution in [3.05, 3.63) is 17.9 Å². The molecule has 0 amide bonds. The van der Waals surface area contributed by atoms with Crippen LogP contribution < -0.4 is 15.8 Å². The molecule has 0 atom stereocenters. The molecule has 1 aromatic carbocycles. The fraction of sp³-hybridized carbons (Fsp3) is 0.538. The number of aliphatic hydroxyl groups is 1. The second-order valence-electron chi connectivity index (χ2n) is 4.90. The Bertz CT molecular complexity index is 433. The summed E-state index contributed by atoms with van der Waals surface area (Å²) in [6, 6.07) is 2.83. The Morgan fingerprint density at radius 1 is 1.50 bits per heavy atom. The van der Waals surface area contributed by atoms with Crippen molar-refractivity contribution in [2.45, 2.75) is 19.3 Å². The molecule has 18 heavy (non-hydrogen) atoms. The van der Waals surface area contributed by atoms with E-state index in [0.29, 0.717) is 18.0 Å². The molecule has 0 aliphatic heterocycles. The molecule has 0 radical (unpaired) electrons. The minimum atomic E-state index is -0.381. The maximum Gasteiger partial charge on any atom is 0.148 e. The average Bonchev–Trinajstić information content (AvgIpc) is 3.09. The Balaban J connectivity index is 2.05. The monoisotopic (exact) mass is 254 g/mol. The summed E-state index contributed by atoms with van der Waals surface area (Å²) < 4.78 is 18.8. The number of nitrogens with one attached hydrogen (secondary N) is 1. The molecule has 1 aliphatic rings. The summed E-state index contributed by atoms with van der Waals surface area (Å²) >= 11 is 0. The van der Waals surface area contributed by atoms with Gasteiger partial charge in [0.05, 0.1) is 18.5 Å². The zero-order valence-corrected chi connectivity index (χ0v) is 10.5. The van der Waals surface area contributed by atoms with E-state index < -0.39 is 0 Å². The molecule has 1 aromatic rings. The Morgan fingerprint density at radius 3 is 2.78 bits per heavy atom. The van der Waals surface area contributed by atoms with Crippen LogP contribution in [0.15, 0.2) is 12.1 Å². The third-order valence-corrected chi connectivity index (χ3v) is 3.57. The number of aliphatic hydroxyl groups excluding tert-OH is 1. The standard InChI is InChI=1S/C13H19FN2O2/c1-18-12-7-11(9(14)6-10(12)15)16-8-13(2-3-13)4-5-17/h6-7,16-17H,2-5,8,15H2,1H3. The van der Waals surface area contributed by atoms with Crippen LogP contribution in [0, 0.1) is 11.2 Å². The molecule has 0 aromatic heterocycles. The Morgan fingerprint density at radius 2 is 2.22 bits per heavy atom. The van der Waals surface area contributed by atoms with Gasteiger partial charge in [0.2, 0.25) is 0 Å². The van der Waals surface area contributed by atoms with Gasteiger partial charge in [-0.05, 0) is 24.7 Å². The van der Waals surface area contributed by atoms with Crippen LogP contribution in [0.1, 0.15) is 19.3 Å². The van der Waals surface area contributed by atoms with Gasteiger partial charge in [-0.25, -0.2) is 4.39 Å². The van der Waals surface area contributed by atoms with E-state index in [1.54, 1.807) is 6.07 Å². The summed E-state index contributed by atoms with van der Waals surface area (Å²) in [4.78, 5) is 0. The topological polar surface area (TPSA) is 67.5 Å². The van der Waals surface area contributed by atoms with Crippen molar-refractivity contribution in [2.24, 2.45) is 5.41 Å². The van der Waals surface area contributed by atoms with Gasteiger partial charge in [0.25, 0.3) is 0 Å². The van der Waals surface area contributed by atoms with Crippen LogP contribution in [-0.2, 0) is 0 Å². The van der Waals surface area contributed by atoms with Crippen LogP contribution in [0.4, 0.5) is 15.8 Å². The van der Waals surface area contributed by atoms with Gasteiger partial charge in [-0.15, -0.1) is 0 Å². The number of methoxy groups -OCH3 is 1. The quantitative estimate of drug-likeness (QED) is 0.679. The van der Waals surface area contributed by atoms with E-state index in [2.05, 4.69) is 5.32 Å². The minimum Gasteiger partial charge on any atom is -0.495 e. The molecule has 5 heteroatoms. The summed E-state index contributed by atoms with van der Waals surface area (Å²) in [7, 11) is 1.50. The Labute approximate surface area is 106 Å². The maximum absolute atomic E-state index is 13.7. The van der Waals surface area contributed by atoms with E-state index in [0.717, 1.165) is 19.3 Å². The molecule has 1 aliphatic carbocycles. The molecule has 2 rings (SSSR count). The predicted molar refractivity (Wildman–Crippen MR) is 69.2 cm³/mol. The average molecular weight is 254 g/mol. The van der Waals surface area contributed by atoms with Crippen molar-refractivity contribution in [3.8, 4) is 5.75 Å². The molecular formula is C13H19FN2O2. The van der Waals surface area contributed by atoms with Crippen LogP contribution in [0.2, 0.25) is 0 Å². The third kappa shape index (κ3) is 2.67. The molecule has 1 saturated carbocycles. The van der Waals surface area contributed by atoms with E-state index in [1.807, 2.05) is 0 Å². The smallest absolute Gasteiger partial charge is 0.148 e. The van der Waals surface area contributed by atoms with E-state index in [1.165, 1.54) is 13.2 Å². The van der Waals surface area contributed by atoms with Crippen LogP contribution in [-0.4, -0.2) is 25.4 Å². The molecule has 4 nitrogen and oxygen atoms in total. The fourth-order valence-electron chi connectivity index (χ4n) is 2.09. The van der Waals surface area contributed by atoms with E-state index in [9.17, 15) is 4.39 Å². The van der Waals surface area contributed by atoms with Gasteiger partial charge in [-0.1, -0.05) is 0 Å². The number of hydrogen-bond donors (Lipinski definition) is 3. The van der Waals surface area contributed by atoms with Gasteiger partial charge in [0.1, 0.15) is 11.6 Å². The molecule has 0 spiro atoms. The second kappa shape index (κ2) is 5.02. The first-order valence-corrected chi connectivity index (χ1v) is 6.08. The number of anilines is 2. The number of nitrogens with two attached hydrogens (primary N) is 1. The van der Waals surface area contributed by atoms with Gasteiger partial charge in [0, 0.05) is 25.3 Å². The van der Waals surface area contributed by atoms with Gasteiger partial charge in [0.15, 0.2) is 0 Å². The lowest BCUT2D eigenvalue weighted by atomic mass is 10.0. The first kappa shape index (κ1) is 13.0. The number of benzene rings is 1. The van der Waals surface area contributed by atoms with E-state index >= 15 is 0 Å². The van der Waals surface area contributed by atoms with E-state index in [-0.39, 0.29) is 23.5 Å². The van der Waals surface area contributed by atoms with Crippen LogP contribution in [0.5, 0.6) is 5.75 Å². The van der Waals surface area contributed by atoms with Crippen molar-refractivity contribution in [1.82, 2.24) is 0 Å². The maximum atomic E-state index is 13.7. The first-order valence-electron chi connectivity index (χ1n) is 6.08. The summed E-state index contributed by atoms with van der Waals surface area (Å²) in [5.41, 5.74) is 6.43.